The van der Waals surface area contributed by atoms with Crippen LogP contribution >= 0.6 is 12.4 Å². The number of hydrogen-bond acceptors (Lipinski definition) is 3. The third kappa shape index (κ3) is 3.98. The molecule has 0 saturated carbocycles. The van der Waals surface area contributed by atoms with Crippen LogP contribution in [-0.4, -0.2) is 37.5 Å². The van der Waals surface area contributed by atoms with Gasteiger partial charge in [0.25, 0.3) is 5.91 Å². The first-order valence-electron chi connectivity index (χ1n) is 6.70. The Hall–Kier alpha value is -1.00. The molecule has 4 nitrogen and oxygen atoms in total. The monoisotopic (exact) mass is 286 g/mol. The fraction of sp³-hybridized carbons (Fsp3) is 0.643. The van der Waals surface area contributed by atoms with Gasteiger partial charge in [-0.3, -0.25) is 4.79 Å². The standard InChI is InChI=1S/C14H22N2O2.ClH/c1-11-13(6-10-18-11)14(17)16-8-4-12(5-9-16)3-7-15-2;/h6,10,12,15H,3-5,7-9H2,1-2H3;1H. The quantitative estimate of drug-likeness (QED) is 0.925. The molecule has 1 aromatic heterocycles. The topological polar surface area (TPSA) is 45.5 Å². The molecule has 19 heavy (non-hydrogen) atoms. The number of likely N-dealkylation sites (tertiary alicyclic amines) is 1. The van der Waals surface area contributed by atoms with Gasteiger partial charge in [0.2, 0.25) is 0 Å². The van der Waals surface area contributed by atoms with Crippen molar-refractivity contribution in [1.29, 1.82) is 0 Å². The van der Waals surface area contributed by atoms with Crippen molar-refractivity contribution in [3.63, 3.8) is 0 Å². The van der Waals surface area contributed by atoms with E-state index in [4.69, 9.17) is 4.42 Å². The van der Waals surface area contributed by atoms with E-state index in [2.05, 4.69) is 5.32 Å². The number of nitrogens with one attached hydrogen (secondary N) is 1. The normalized spacial score (nSPS) is 16.2. The highest BCUT2D eigenvalue weighted by atomic mass is 35.5. The Morgan fingerprint density at radius 2 is 2.16 bits per heavy atom. The van der Waals surface area contributed by atoms with Crippen molar-refractivity contribution < 1.29 is 9.21 Å². The van der Waals surface area contributed by atoms with Gasteiger partial charge >= 0.3 is 0 Å². The van der Waals surface area contributed by atoms with E-state index in [1.165, 1.54) is 6.42 Å². The highest BCUT2D eigenvalue weighted by molar-refractivity contribution is 5.95. The molecule has 0 bridgehead atoms. The van der Waals surface area contributed by atoms with Gasteiger partial charge in [-0.15, -0.1) is 12.4 Å². The van der Waals surface area contributed by atoms with Crippen LogP contribution in [0.2, 0.25) is 0 Å². The zero-order valence-corrected chi connectivity index (χ0v) is 12.5. The smallest absolute Gasteiger partial charge is 0.257 e. The van der Waals surface area contributed by atoms with E-state index in [0.717, 1.165) is 44.2 Å². The molecule has 108 valence electrons. The lowest BCUT2D eigenvalue weighted by molar-refractivity contribution is 0.0685. The molecule has 5 heteroatoms. The maximum Gasteiger partial charge on any atom is 0.257 e. The lowest BCUT2D eigenvalue weighted by atomic mass is 9.93. The molecule has 0 atom stereocenters. The Bertz CT molecular complexity index is 398. The van der Waals surface area contributed by atoms with Gasteiger partial charge in [-0.25, -0.2) is 0 Å². The molecular formula is C14H23ClN2O2. The van der Waals surface area contributed by atoms with Crippen molar-refractivity contribution in [2.45, 2.75) is 26.2 Å². The first kappa shape index (κ1) is 16.1. The molecule has 1 aliphatic rings. The summed E-state index contributed by atoms with van der Waals surface area (Å²) in [6.07, 6.45) is 5.03. The first-order valence-corrected chi connectivity index (χ1v) is 6.70. The molecule has 1 saturated heterocycles. The summed E-state index contributed by atoms with van der Waals surface area (Å²) in [6.45, 7) is 4.65. The van der Waals surface area contributed by atoms with Crippen LogP contribution in [0.25, 0.3) is 0 Å². The molecular weight excluding hydrogens is 264 g/mol. The van der Waals surface area contributed by atoms with Gasteiger partial charge in [0, 0.05) is 13.1 Å². The van der Waals surface area contributed by atoms with Gasteiger partial charge < -0.3 is 14.6 Å². The van der Waals surface area contributed by atoms with E-state index in [-0.39, 0.29) is 18.3 Å². The first-order chi connectivity index (χ1) is 8.72. The molecule has 2 rings (SSSR count). The van der Waals surface area contributed by atoms with Crippen molar-refractivity contribution in [1.82, 2.24) is 10.2 Å². The minimum Gasteiger partial charge on any atom is -0.469 e. The molecule has 1 amide bonds. The van der Waals surface area contributed by atoms with Crippen molar-refractivity contribution in [3.8, 4) is 0 Å². The lowest BCUT2D eigenvalue weighted by Crippen LogP contribution is -2.39. The van der Waals surface area contributed by atoms with Crippen LogP contribution in [-0.2, 0) is 0 Å². The van der Waals surface area contributed by atoms with Gasteiger partial charge in [-0.05, 0) is 51.8 Å². The Morgan fingerprint density at radius 1 is 1.47 bits per heavy atom. The molecule has 1 N–H and O–H groups in total. The van der Waals surface area contributed by atoms with Gasteiger partial charge in [0.05, 0.1) is 11.8 Å². The Morgan fingerprint density at radius 3 is 2.68 bits per heavy atom. The van der Waals surface area contributed by atoms with E-state index < -0.39 is 0 Å². The maximum atomic E-state index is 12.3. The second kappa shape index (κ2) is 7.56. The van der Waals surface area contributed by atoms with Crippen molar-refractivity contribution >= 4 is 18.3 Å². The van der Waals surface area contributed by atoms with Crippen LogP contribution in [0, 0.1) is 12.8 Å². The van der Waals surface area contributed by atoms with Crippen LogP contribution in [0.1, 0.15) is 35.4 Å². The van der Waals surface area contributed by atoms with Gasteiger partial charge in [-0.1, -0.05) is 0 Å². The second-order valence-corrected chi connectivity index (χ2v) is 5.02. The molecule has 0 aromatic carbocycles. The fourth-order valence-electron chi connectivity index (χ4n) is 2.55. The van der Waals surface area contributed by atoms with Crippen LogP contribution in [0.5, 0.6) is 0 Å². The summed E-state index contributed by atoms with van der Waals surface area (Å²) in [4.78, 5) is 14.2. The van der Waals surface area contributed by atoms with Gasteiger partial charge in [0.1, 0.15) is 5.76 Å². The molecule has 0 unspecified atom stereocenters. The van der Waals surface area contributed by atoms with E-state index >= 15 is 0 Å². The third-order valence-corrected chi connectivity index (χ3v) is 3.79. The number of nitrogens with zero attached hydrogens (tertiary/aromatic N) is 1. The van der Waals surface area contributed by atoms with Crippen LogP contribution in [0.4, 0.5) is 0 Å². The highest BCUT2D eigenvalue weighted by Crippen LogP contribution is 2.22. The number of amides is 1. The predicted octanol–water partition coefficient (Wildman–Crippen LogP) is 2.47. The van der Waals surface area contributed by atoms with Crippen LogP contribution in [0.3, 0.4) is 0 Å². The average Bonchev–Trinajstić information content (AvgIpc) is 2.82. The second-order valence-electron chi connectivity index (χ2n) is 5.02. The maximum absolute atomic E-state index is 12.3. The summed E-state index contributed by atoms with van der Waals surface area (Å²) in [7, 11) is 1.99. The Balaban J connectivity index is 0.00000180. The molecule has 0 spiro atoms. The molecule has 1 aliphatic heterocycles. The summed E-state index contributed by atoms with van der Waals surface area (Å²) in [5.41, 5.74) is 0.712. The Labute approximate surface area is 120 Å². The number of piperidine rings is 1. The third-order valence-electron chi connectivity index (χ3n) is 3.79. The highest BCUT2D eigenvalue weighted by Gasteiger charge is 2.24. The molecule has 2 heterocycles. The number of aryl methyl sites for hydroxylation is 1. The Kier molecular flexibility index (Phi) is 6.38. The number of carbonyl (C=O) groups excluding carboxylic acids is 1. The average molecular weight is 287 g/mol. The number of carbonyl (C=O) groups is 1. The summed E-state index contributed by atoms with van der Waals surface area (Å²) >= 11 is 0. The fourth-order valence-corrected chi connectivity index (χ4v) is 2.55. The number of halogens is 1. The van der Waals surface area contributed by atoms with E-state index in [1.54, 1.807) is 12.3 Å². The summed E-state index contributed by atoms with van der Waals surface area (Å²) in [6, 6.07) is 1.77. The SMILES string of the molecule is CNCCC1CCN(C(=O)c2ccoc2C)CC1.Cl. The van der Waals surface area contributed by atoms with Crippen molar-refractivity contribution in [3.05, 3.63) is 23.7 Å². The molecule has 0 aliphatic carbocycles. The van der Waals surface area contributed by atoms with Crippen LogP contribution in [0.15, 0.2) is 16.7 Å². The predicted molar refractivity (Wildman–Crippen MR) is 77.9 cm³/mol. The summed E-state index contributed by atoms with van der Waals surface area (Å²) < 4.78 is 5.19. The van der Waals surface area contributed by atoms with E-state index in [1.807, 2.05) is 18.9 Å². The molecule has 1 aromatic rings. The minimum atomic E-state index is 0. The van der Waals surface area contributed by atoms with Crippen LogP contribution < -0.4 is 5.32 Å². The largest absolute Gasteiger partial charge is 0.469 e. The van der Waals surface area contributed by atoms with Gasteiger partial charge in [-0.2, -0.15) is 0 Å². The number of furan rings is 1. The summed E-state index contributed by atoms with van der Waals surface area (Å²) in [5.74, 6) is 1.59. The number of hydrogen-bond donors (Lipinski definition) is 1. The molecule has 1 fully saturated rings. The lowest BCUT2D eigenvalue weighted by Gasteiger charge is -2.32. The molecule has 0 radical (unpaired) electrons. The van der Waals surface area contributed by atoms with E-state index in [9.17, 15) is 4.79 Å². The minimum absolute atomic E-state index is 0. The number of rotatable bonds is 4. The van der Waals surface area contributed by atoms with E-state index in [0.29, 0.717) is 5.56 Å². The van der Waals surface area contributed by atoms with Crippen molar-refractivity contribution in [2.75, 3.05) is 26.7 Å². The summed E-state index contributed by atoms with van der Waals surface area (Å²) in [5, 5.41) is 3.19. The van der Waals surface area contributed by atoms with Gasteiger partial charge in [0.15, 0.2) is 0 Å². The zero-order valence-electron chi connectivity index (χ0n) is 11.6. The van der Waals surface area contributed by atoms with Crippen molar-refractivity contribution in [2.24, 2.45) is 5.92 Å². The zero-order chi connectivity index (χ0) is 13.0.